The Morgan fingerprint density at radius 2 is 1.97 bits per heavy atom. The van der Waals surface area contributed by atoms with Gasteiger partial charge in [-0.3, -0.25) is 9.89 Å². The van der Waals surface area contributed by atoms with Gasteiger partial charge >= 0.3 is 0 Å². The molecular formula is C21H31N9O. The number of aryl methyl sites for hydroxylation is 1. The summed E-state index contributed by atoms with van der Waals surface area (Å²) in [6.45, 7) is 6.01. The molecule has 0 radical (unpaired) electrons. The van der Waals surface area contributed by atoms with Gasteiger partial charge < -0.3 is 29.7 Å². The van der Waals surface area contributed by atoms with Crippen molar-refractivity contribution in [3.63, 3.8) is 0 Å². The first-order valence-corrected chi connectivity index (χ1v) is 10.4. The monoisotopic (exact) mass is 425 g/mol. The second-order valence-electron chi connectivity index (χ2n) is 7.88. The van der Waals surface area contributed by atoms with Crippen LogP contribution in [0.5, 0.6) is 5.75 Å². The topological polar surface area (TPSA) is 85.5 Å². The molecule has 2 aliphatic rings. The minimum atomic E-state index is -0.0116. The Hall–Kier alpha value is -3.11. The lowest BCUT2D eigenvalue weighted by molar-refractivity contribution is 0.0459. The van der Waals surface area contributed by atoms with Crippen molar-refractivity contribution in [3.05, 3.63) is 36.4 Å². The van der Waals surface area contributed by atoms with Gasteiger partial charge in [0.15, 0.2) is 6.29 Å². The van der Waals surface area contributed by atoms with Crippen LogP contribution in [0, 0.1) is 6.92 Å². The smallest absolute Gasteiger partial charge is 0.223 e. The lowest BCUT2D eigenvalue weighted by Gasteiger charge is -2.44. The van der Waals surface area contributed by atoms with Gasteiger partial charge in [-0.05, 0) is 26.1 Å². The van der Waals surface area contributed by atoms with E-state index in [1.807, 2.05) is 42.9 Å². The molecule has 10 nitrogen and oxygen atoms in total. The molecule has 1 unspecified atom stereocenters. The van der Waals surface area contributed by atoms with Crippen LogP contribution in [0.15, 0.2) is 40.7 Å². The Balaban J connectivity index is 1.56. The van der Waals surface area contributed by atoms with Crippen molar-refractivity contribution >= 4 is 17.6 Å². The van der Waals surface area contributed by atoms with E-state index in [0.717, 1.165) is 55.0 Å². The van der Waals surface area contributed by atoms with E-state index in [4.69, 9.17) is 4.74 Å². The number of methoxy groups -OCH3 is 1. The lowest BCUT2D eigenvalue weighted by Crippen LogP contribution is -2.65. The number of hydrogen-bond donors (Lipinski definition) is 2. The van der Waals surface area contributed by atoms with Crippen molar-refractivity contribution < 1.29 is 4.74 Å². The van der Waals surface area contributed by atoms with Gasteiger partial charge in [0, 0.05) is 58.2 Å². The lowest BCUT2D eigenvalue weighted by atomic mass is 10.2. The Kier molecular flexibility index (Phi) is 6.10. The van der Waals surface area contributed by atoms with Crippen molar-refractivity contribution in [2.75, 3.05) is 59.7 Å². The zero-order valence-electron chi connectivity index (χ0n) is 18.8. The molecule has 1 saturated heterocycles. The molecule has 1 fully saturated rings. The van der Waals surface area contributed by atoms with Crippen LogP contribution < -0.4 is 15.4 Å². The number of hydrogen-bond acceptors (Lipinski definition) is 7. The van der Waals surface area contributed by atoms with Gasteiger partial charge in [-0.2, -0.15) is 4.99 Å². The number of guanidine groups is 2. The largest absolute Gasteiger partial charge is 0.494 e. The van der Waals surface area contributed by atoms with Gasteiger partial charge in [0.25, 0.3) is 0 Å². The van der Waals surface area contributed by atoms with Gasteiger partial charge in [0.1, 0.15) is 5.75 Å². The predicted octanol–water partition coefficient (Wildman–Crippen LogP) is 1.01. The van der Waals surface area contributed by atoms with Crippen molar-refractivity contribution in [2.45, 2.75) is 13.2 Å². The minimum Gasteiger partial charge on any atom is -0.494 e. The van der Waals surface area contributed by atoms with Gasteiger partial charge in [-0.15, -0.1) is 0 Å². The summed E-state index contributed by atoms with van der Waals surface area (Å²) >= 11 is 0. The number of rotatable bonds is 4. The summed E-state index contributed by atoms with van der Waals surface area (Å²) in [5.41, 5.74) is 2.77. The number of aliphatic imine (C=N–C) groups is 2. The summed E-state index contributed by atoms with van der Waals surface area (Å²) in [6, 6.07) is 5.99. The number of anilines is 1. The van der Waals surface area contributed by atoms with Crippen molar-refractivity contribution in [3.8, 4) is 11.4 Å². The number of piperazine rings is 1. The summed E-state index contributed by atoms with van der Waals surface area (Å²) < 4.78 is 7.60. The molecule has 0 spiro atoms. The van der Waals surface area contributed by atoms with E-state index >= 15 is 0 Å². The fraction of sp³-hybridized carbons (Fsp3) is 0.476. The zero-order valence-corrected chi connectivity index (χ0v) is 18.8. The third kappa shape index (κ3) is 4.49. The highest BCUT2D eigenvalue weighted by Crippen LogP contribution is 2.27. The predicted molar refractivity (Wildman–Crippen MR) is 123 cm³/mol. The normalized spacial score (nSPS) is 21.7. The standard InChI is InChI=1S/C21H31N9O/c1-15-13-30(14-23-15)17-7-6-16(12-18(17)31-5)24-20-25-19(22-2)26-21(28(20)4)29-10-8-27(3)9-11-29/h6-7,12-14,21H,8-11H2,1-5H3,(H2,22,24,25,26). The summed E-state index contributed by atoms with van der Waals surface area (Å²) in [6.07, 6.45) is 3.75. The van der Waals surface area contributed by atoms with Gasteiger partial charge in [-0.25, -0.2) is 4.98 Å². The fourth-order valence-electron chi connectivity index (χ4n) is 3.82. The minimum absolute atomic E-state index is 0.0116. The third-order valence-corrected chi connectivity index (χ3v) is 5.69. The summed E-state index contributed by atoms with van der Waals surface area (Å²) in [5, 5.41) is 6.87. The molecule has 2 aliphatic heterocycles. The second kappa shape index (κ2) is 8.94. The Labute approximate surface area is 183 Å². The van der Waals surface area contributed by atoms with Crippen molar-refractivity contribution in [2.24, 2.45) is 9.98 Å². The first-order valence-electron chi connectivity index (χ1n) is 10.4. The second-order valence-corrected chi connectivity index (χ2v) is 7.88. The molecule has 0 amide bonds. The molecule has 3 heterocycles. The number of imidazole rings is 1. The highest BCUT2D eigenvalue weighted by Gasteiger charge is 2.31. The number of likely N-dealkylation sites (N-methyl/N-ethyl adjacent to an activating group) is 1. The van der Waals surface area contributed by atoms with Crippen LogP contribution in [0.25, 0.3) is 5.69 Å². The Morgan fingerprint density at radius 1 is 1.19 bits per heavy atom. The average molecular weight is 426 g/mol. The van der Waals surface area contributed by atoms with Crippen LogP contribution in [0.3, 0.4) is 0 Å². The van der Waals surface area contributed by atoms with E-state index in [1.165, 1.54) is 0 Å². The van der Waals surface area contributed by atoms with E-state index < -0.39 is 0 Å². The molecule has 10 heteroatoms. The number of benzene rings is 1. The molecule has 1 aromatic heterocycles. The molecule has 2 aromatic rings. The SMILES string of the molecule is CN=C1N=C(Nc2ccc(-n3cnc(C)c3)c(OC)c2)N(C)C(N2CCN(C)CC2)N1. The molecule has 1 atom stereocenters. The summed E-state index contributed by atoms with van der Waals surface area (Å²) in [4.78, 5) is 20.1. The Morgan fingerprint density at radius 3 is 2.61 bits per heavy atom. The fourth-order valence-corrected chi connectivity index (χ4v) is 3.82. The summed E-state index contributed by atoms with van der Waals surface area (Å²) in [7, 11) is 7.62. The molecule has 31 heavy (non-hydrogen) atoms. The van der Waals surface area contributed by atoms with Crippen LogP contribution >= 0.6 is 0 Å². The number of nitrogens with zero attached hydrogens (tertiary/aromatic N) is 7. The summed E-state index contributed by atoms with van der Waals surface area (Å²) in [5.74, 6) is 2.10. The van der Waals surface area contributed by atoms with Gasteiger partial charge in [-0.1, -0.05) is 0 Å². The van der Waals surface area contributed by atoms with E-state index in [9.17, 15) is 0 Å². The highest BCUT2D eigenvalue weighted by atomic mass is 16.5. The van der Waals surface area contributed by atoms with Gasteiger partial charge in [0.05, 0.1) is 24.8 Å². The molecule has 4 rings (SSSR count). The maximum atomic E-state index is 5.64. The maximum absolute atomic E-state index is 5.64. The van der Waals surface area contributed by atoms with E-state index in [2.05, 4.69) is 47.3 Å². The van der Waals surface area contributed by atoms with Crippen LogP contribution in [0.4, 0.5) is 5.69 Å². The zero-order chi connectivity index (χ0) is 22.0. The van der Waals surface area contributed by atoms with E-state index in [-0.39, 0.29) is 6.29 Å². The average Bonchev–Trinajstić information content (AvgIpc) is 3.21. The number of aromatic nitrogens is 2. The van der Waals surface area contributed by atoms with Crippen LogP contribution in [0.1, 0.15) is 5.69 Å². The Bertz CT molecular complexity index is 975. The van der Waals surface area contributed by atoms with Gasteiger partial charge in [0.2, 0.25) is 11.9 Å². The van der Waals surface area contributed by atoms with Crippen molar-refractivity contribution in [1.82, 2.24) is 29.6 Å². The number of ether oxygens (including phenoxy) is 1. The quantitative estimate of drug-likeness (QED) is 0.756. The molecule has 0 saturated carbocycles. The maximum Gasteiger partial charge on any atom is 0.223 e. The molecule has 0 aliphatic carbocycles. The molecule has 1 aromatic carbocycles. The van der Waals surface area contributed by atoms with E-state index in [0.29, 0.717) is 5.96 Å². The molecule has 0 bridgehead atoms. The highest BCUT2D eigenvalue weighted by molar-refractivity contribution is 6.03. The van der Waals surface area contributed by atoms with Crippen molar-refractivity contribution in [1.29, 1.82) is 0 Å². The molecule has 2 N–H and O–H groups in total. The molecule has 166 valence electrons. The van der Waals surface area contributed by atoms with E-state index in [1.54, 1.807) is 20.5 Å². The first-order chi connectivity index (χ1) is 15.0. The van der Waals surface area contributed by atoms with Crippen LogP contribution in [-0.2, 0) is 0 Å². The number of nitrogens with one attached hydrogen (secondary N) is 2. The van der Waals surface area contributed by atoms with Crippen LogP contribution in [0.2, 0.25) is 0 Å². The van der Waals surface area contributed by atoms with Crippen LogP contribution in [-0.4, -0.2) is 96.9 Å². The molecular weight excluding hydrogens is 394 g/mol. The first kappa shape index (κ1) is 21.1. The third-order valence-electron chi connectivity index (χ3n) is 5.69.